The molecule has 3 unspecified atom stereocenters. The van der Waals surface area contributed by atoms with E-state index in [2.05, 4.69) is 30.7 Å². The van der Waals surface area contributed by atoms with Crippen molar-refractivity contribution in [2.75, 3.05) is 32.0 Å². The number of nitrogens with two attached hydrogens (primary N) is 2. The highest BCUT2D eigenvalue weighted by Crippen LogP contribution is 2.38. The first-order chi connectivity index (χ1) is 18.9. The Bertz CT molecular complexity index is 1370. The number of rotatable bonds is 10. The number of amides is 1. The van der Waals surface area contributed by atoms with Crippen LogP contribution in [0.5, 0.6) is 5.75 Å². The van der Waals surface area contributed by atoms with Gasteiger partial charge < -0.3 is 31.5 Å². The zero-order valence-corrected chi connectivity index (χ0v) is 23.1. The van der Waals surface area contributed by atoms with E-state index in [0.29, 0.717) is 16.1 Å². The molecule has 8 N–H and O–H groups in total. The molecule has 0 radical (unpaired) electrons. The van der Waals surface area contributed by atoms with E-state index in [9.17, 15) is 28.5 Å². The van der Waals surface area contributed by atoms with Crippen molar-refractivity contribution in [1.82, 2.24) is 19.3 Å². The fourth-order valence-electron chi connectivity index (χ4n) is 4.93. The number of phenolic OH excluding ortho intramolecular Hbond substituents is 1. The molecule has 1 fully saturated rings. The number of quaternary nitrogens is 1. The molecule has 0 bridgehead atoms. The number of carbonyl (C=O) groups is 1. The van der Waals surface area contributed by atoms with Gasteiger partial charge in [0.1, 0.15) is 36.1 Å². The van der Waals surface area contributed by atoms with Gasteiger partial charge in [0.05, 0.1) is 38.1 Å². The van der Waals surface area contributed by atoms with Crippen LogP contribution in [0.3, 0.4) is 0 Å². The van der Waals surface area contributed by atoms with Crippen molar-refractivity contribution in [2.45, 2.75) is 51.5 Å². The Labute approximate surface area is 231 Å². The lowest BCUT2D eigenvalue weighted by atomic mass is 10.1. The molecule has 3 heterocycles. The Morgan fingerprint density at radius 1 is 1.20 bits per heavy atom. The maximum atomic E-state index is 12.3. The van der Waals surface area contributed by atoms with Crippen LogP contribution in [0.15, 0.2) is 29.5 Å². The van der Waals surface area contributed by atoms with E-state index in [1.54, 1.807) is 11.1 Å². The Morgan fingerprint density at radius 2 is 1.88 bits per heavy atom. The number of nitrogens with zero attached hydrogens (tertiary/aromatic N) is 5. The summed E-state index contributed by atoms with van der Waals surface area (Å²) in [6.45, 7) is 7.79. The number of aliphatic hydroxyl groups excluding tert-OH is 2. The third-order valence-electron chi connectivity index (χ3n) is 7.40. The summed E-state index contributed by atoms with van der Waals surface area (Å²) in [4.78, 5) is 21.2. The summed E-state index contributed by atoms with van der Waals surface area (Å²) >= 11 is 0. The number of aliphatic imine (C=N–C) groups is 1. The van der Waals surface area contributed by atoms with Crippen LogP contribution in [0.1, 0.15) is 49.2 Å². The summed E-state index contributed by atoms with van der Waals surface area (Å²) in [5, 5.41) is 33.0. The Morgan fingerprint density at radius 3 is 2.50 bits per heavy atom. The van der Waals surface area contributed by atoms with Crippen molar-refractivity contribution >= 4 is 34.1 Å². The molecular formula is C23H35N8O8S+. The van der Waals surface area contributed by atoms with E-state index in [0.717, 1.165) is 31.8 Å². The number of aliphatic hydroxyl groups is 2. The number of imidazole rings is 1. The summed E-state index contributed by atoms with van der Waals surface area (Å²) in [6.07, 6.45) is -3.14. The van der Waals surface area contributed by atoms with E-state index in [-0.39, 0.29) is 11.3 Å². The van der Waals surface area contributed by atoms with Crippen LogP contribution in [0.4, 0.5) is 11.5 Å². The average molecular weight is 584 g/mol. The second kappa shape index (κ2) is 11.3. The molecular weight excluding hydrogens is 548 g/mol. The second-order valence-corrected chi connectivity index (χ2v) is 10.8. The van der Waals surface area contributed by atoms with Gasteiger partial charge in [0.2, 0.25) is 0 Å². The van der Waals surface area contributed by atoms with Crippen molar-refractivity contribution in [3.8, 4) is 5.75 Å². The third kappa shape index (κ3) is 5.36. The Balaban J connectivity index is 1.45. The summed E-state index contributed by atoms with van der Waals surface area (Å²) in [5.74, 6) is -1.36. The number of phenols is 1. The van der Waals surface area contributed by atoms with E-state index in [1.807, 2.05) is 5.01 Å². The number of benzene rings is 1. The molecule has 4 rings (SSSR count). The smallest absolute Gasteiger partial charge is 0.362 e. The third-order valence-corrected chi connectivity index (χ3v) is 8.28. The van der Waals surface area contributed by atoms with Crippen LogP contribution in [-0.2, 0) is 19.2 Å². The molecule has 1 aromatic heterocycles. The lowest BCUT2D eigenvalue weighted by molar-refractivity contribution is -1.02. The van der Waals surface area contributed by atoms with E-state index in [1.165, 1.54) is 17.0 Å². The standard InChI is InChI=1S/C23H34N8O8S/c1-4-31(5-2,6-3)30-12-27-21-17(20(30)25)26-11-29(21)23-19(34)18(33)16(39-23)10-38-40(36,37)28-22(35)14-8-7-13(24)9-15(14)32/h7-9,11-12,16,18-20,23,33-34H,4-6,10,25H2,1-3H3,(H3-,24,28,32,35)/p+1/t16-,18?,19?,20?,23-/m1/s1. The number of carbonyl (C=O) groups excluding carboxylic acids is 1. The van der Waals surface area contributed by atoms with Crippen molar-refractivity contribution in [3.63, 3.8) is 0 Å². The number of fused-ring (bicyclic) bond motifs is 1. The summed E-state index contributed by atoms with van der Waals surface area (Å²) in [5.41, 5.74) is 12.3. The zero-order valence-electron chi connectivity index (χ0n) is 22.3. The molecule has 40 heavy (non-hydrogen) atoms. The summed E-state index contributed by atoms with van der Waals surface area (Å²) < 4.78 is 38.9. The van der Waals surface area contributed by atoms with Gasteiger partial charge in [0.15, 0.2) is 18.2 Å². The predicted molar refractivity (Wildman–Crippen MR) is 142 cm³/mol. The maximum absolute atomic E-state index is 12.3. The van der Waals surface area contributed by atoms with Gasteiger partial charge in [-0.15, -0.1) is 0 Å². The van der Waals surface area contributed by atoms with Gasteiger partial charge in [0, 0.05) is 11.8 Å². The van der Waals surface area contributed by atoms with Crippen LogP contribution in [0.25, 0.3) is 0 Å². The molecule has 16 nitrogen and oxygen atoms in total. The van der Waals surface area contributed by atoms with Gasteiger partial charge in [-0.2, -0.15) is 13.4 Å². The largest absolute Gasteiger partial charge is 0.507 e. The van der Waals surface area contributed by atoms with Crippen molar-refractivity contribution in [3.05, 3.63) is 35.8 Å². The first-order valence-corrected chi connectivity index (χ1v) is 14.1. The molecule has 220 valence electrons. The molecule has 17 heteroatoms. The molecule has 0 aliphatic carbocycles. The fraction of sp³-hybridized carbons (Fsp3) is 0.522. The fourth-order valence-corrected chi connectivity index (χ4v) is 5.64. The van der Waals surface area contributed by atoms with Crippen molar-refractivity contribution in [1.29, 1.82) is 0 Å². The molecule has 0 spiro atoms. The highest BCUT2D eigenvalue weighted by atomic mass is 32.2. The number of hydrogen-bond acceptors (Lipinski definition) is 13. The first kappa shape index (κ1) is 29.7. The number of nitrogens with one attached hydrogen (secondary N) is 1. The van der Waals surface area contributed by atoms with E-state index >= 15 is 0 Å². The highest BCUT2D eigenvalue weighted by Gasteiger charge is 2.47. The Hall–Kier alpha value is -3.32. The van der Waals surface area contributed by atoms with Crippen LogP contribution < -0.4 is 16.2 Å². The molecule has 2 aliphatic heterocycles. The Kier molecular flexibility index (Phi) is 8.36. The van der Waals surface area contributed by atoms with Gasteiger partial charge in [-0.3, -0.25) is 13.5 Å². The normalized spacial score (nSPS) is 24.8. The van der Waals surface area contributed by atoms with Gasteiger partial charge in [-0.1, -0.05) is 0 Å². The molecule has 1 saturated heterocycles. The SMILES string of the molecule is CC[N+](CC)(CC)N1C=Nc2c(ncn2[C@@H]2O[C@H](COS(=O)(=O)NC(=O)c3ccc(N)cc3O)C(O)C2O)C1N. The number of anilines is 1. The number of nitrogen functional groups attached to an aromatic ring is 1. The lowest BCUT2D eigenvalue weighted by Gasteiger charge is -2.46. The van der Waals surface area contributed by atoms with Crippen molar-refractivity contribution in [2.24, 2.45) is 10.7 Å². The summed E-state index contributed by atoms with van der Waals surface area (Å²) in [7, 11) is -4.69. The van der Waals surface area contributed by atoms with E-state index < -0.39 is 59.3 Å². The predicted octanol–water partition coefficient (Wildman–Crippen LogP) is -0.794. The number of ether oxygens (including phenoxy) is 1. The highest BCUT2D eigenvalue weighted by molar-refractivity contribution is 7.85. The van der Waals surface area contributed by atoms with Gasteiger partial charge in [-0.05, 0) is 32.9 Å². The molecule has 0 saturated carbocycles. The minimum Gasteiger partial charge on any atom is -0.507 e. The first-order valence-electron chi connectivity index (χ1n) is 12.7. The van der Waals surface area contributed by atoms with Crippen LogP contribution in [0, 0.1) is 0 Å². The van der Waals surface area contributed by atoms with Gasteiger partial charge in [-0.25, -0.2) is 19.3 Å². The maximum Gasteiger partial charge on any atom is 0.362 e. The van der Waals surface area contributed by atoms with E-state index in [4.69, 9.17) is 20.4 Å². The van der Waals surface area contributed by atoms with Crippen LogP contribution in [0.2, 0.25) is 0 Å². The van der Waals surface area contributed by atoms with Crippen LogP contribution in [-0.4, -0.2) is 99.7 Å². The molecule has 2 aliphatic rings. The van der Waals surface area contributed by atoms with Gasteiger partial charge in [0.25, 0.3) is 5.91 Å². The van der Waals surface area contributed by atoms with Crippen LogP contribution >= 0.6 is 0 Å². The zero-order chi connectivity index (χ0) is 29.4. The molecule has 1 aromatic carbocycles. The van der Waals surface area contributed by atoms with Gasteiger partial charge >= 0.3 is 10.3 Å². The number of aromatic nitrogens is 2. The second-order valence-electron chi connectivity index (χ2n) is 9.47. The minimum absolute atomic E-state index is 0.174. The minimum atomic E-state index is -4.69. The molecule has 5 atom stereocenters. The lowest BCUT2D eigenvalue weighted by Crippen LogP contribution is -2.62. The molecule has 1 amide bonds. The number of aromatic hydroxyl groups is 1. The topological polar surface area (TPSA) is 228 Å². The quantitative estimate of drug-likeness (QED) is 0.149. The average Bonchev–Trinajstić information content (AvgIpc) is 3.46. The van der Waals surface area contributed by atoms with Crippen molar-refractivity contribution < 1.29 is 42.0 Å². The monoisotopic (exact) mass is 583 g/mol. The summed E-state index contributed by atoms with van der Waals surface area (Å²) in [6, 6.07) is 3.54. The molecule has 2 aromatic rings. The number of hydrogen-bond donors (Lipinski definition) is 6.